The van der Waals surface area contributed by atoms with Gasteiger partial charge in [-0.3, -0.25) is 9.59 Å². The summed E-state index contributed by atoms with van der Waals surface area (Å²) < 4.78 is 0. The van der Waals surface area contributed by atoms with E-state index in [4.69, 9.17) is 0 Å². The van der Waals surface area contributed by atoms with E-state index in [1.807, 2.05) is 19.2 Å². The molecule has 4 heteroatoms. The van der Waals surface area contributed by atoms with Crippen LogP contribution in [0, 0.1) is 0 Å². The van der Waals surface area contributed by atoms with Gasteiger partial charge in [0, 0.05) is 11.1 Å². The van der Waals surface area contributed by atoms with Crippen molar-refractivity contribution in [3.63, 3.8) is 0 Å². The summed E-state index contributed by atoms with van der Waals surface area (Å²) in [6, 6.07) is 17.2. The van der Waals surface area contributed by atoms with E-state index in [-0.39, 0.29) is 12.4 Å². The molecule has 0 aliphatic carbocycles. The molecule has 2 aromatic carbocycles. The second-order valence-electron chi connectivity index (χ2n) is 9.80. The highest BCUT2D eigenvalue weighted by Crippen LogP contribution is 2.13. The molecule has 0 radical (unpaired) electrons. The molecular formula is C33H52ClNO2. The molecule has 0 atom stereocenters. The lowest BCUT2D eigenvalue weighted by atomic mass is 10.0. The van der Waals surface area contributed by atoms with Crippen LogP contribution >= 0.6 is 12.4 Å². The Bertz CT molecular complexity index is 712. The minimum Gasteiger partial charge on any atom is -0.320 e. The lowest BCUT2D eigenvalue weighted by Gasteiger charge is -2.03. The van der Waals surface area contributed by atoms with Crippen LogP contribution < -0.4 is 5.32 Å². The molecule has 0 fully saturated rings. The number of carbonyl (C=O) groups excluding carboxylic acids is 2. The van der Waals surface area contributed by atoms with Crippen molar-refractivity contribution in [3.05, 3.63) is 71.8 Å². The molecule has 0 aromatic heterocycles. The Hall–Kier alpha value is -1.97. The van der Waals surface area contributed by atoms with Gasteiger partial charge in [0.1, 0.15) is 0 Å². The molecule has 0 aliphatic rings. The Balaban J connectivity index is 0.000000694. The van der Waals surface area contributed by atoms with Crippen LogP contribution in [-0.2, 0) is 0 Å². The second kappa shape index (κ2) is 25.7. The summed E-state index contributed by atoms with van der Waals surface area (Å²) >= 11 is 0. The second-order valence-corrected chi connectivity index (χ2v) is 9.80. The van der Waals surface area contributed by atoms with Crippen LogP contribution in [0.3, 0.4) is 0 Å². The fourth-order valence-corrected chi connectivity index (χ4v) is 4.29. The number of ketones is 2. The molecule has 3 nitrogen and oxygen atoms in total. The van der Waals surface area contributed by atoms with Crippen LogP contribution in [0.2, 0.25) is 0 Å². The van der Waals surface area contributed by atoms with Crippen molar-refractivity contribution in [2.45, 2.75) is 110 Å². The summed E-state index contributed by atoms with van der Waals surface area (Å²) in [6.07, 6.45) is 23.2. The van der Waals surface area contributed by atoms with E-state index >= 15 is 0 Å². The highest BCUT2D eigenvalue weighted by atomic mass is 35.5. The number of unbranched alkanes of at least 4 members (excludes halogenated alkanes) is 15. The van der Waals surface area contributed by atoms with E-state index in [0.717, 1.165) is 0 Å². The third-order valence-electron chi connectivity index (χ3n) is 6.56. The topological polar surface area (TPSA) is 46.2 Å². The zero-order valence-corrected chi connectivity index (χ0v) is 24.3. The Morgan fingerprint density at radius 3 is 1.11 bits per heavy atom. The minimum atomic E-state index is -0.466. The summed E-state index contributed by atoms with van der Waals surface area (Å²) in [7, 11) is 2.05. The number of carbonyl (C=O) groups is 2. The average molecular weight is 530 g/mol. The van der Waals surface area contributed by atoms with E-state index in [1.165, 1.54) is 109 Å². The molecule has 37 heavy (non-hydrogen) atoms. The Morgan fingerprint density at radius 2 is 0.811 bits per heavy atom. The maximum atomic E-state index is 11.8. The van der Waals surface area contributed by atoms with Gasteiger partial charge in [-0.2, -0.15) is 0 Å². The third-order valence-corrected chi connectivity index (χ3v) is 6.56. The van der Waals surface area contributed by atoms with Gasteiger partial charge in [0.2, 0.25) is 11.6 Å². The number of hydrogen-bond acceptors (Lipinski definition) is 3. The Morgan fingerprint density at radius 1 is 0.514 bits per heavy atom. The largest absolute Gasteiger partial charge is 0.320 e. The molecule has 0 bridgehead atoms. The molecule has 2 aromatic rings. The van der Waals surface area contributed by atoms with Gasteiger partial charge in [0.15, 0.2) is 0 Å². The third kappa shape index (κ3) is 18.9. The van der Waals surface area contributed by atoms with Crippen LogP contribution in [0.5, 0.6) is 0 Å². The Kier molecular flexibility index (Phi) is 24.3. The van der Waals surface area contributed by atoms with Gasteiger partial charge >= 0.3 is 0 Å². The normalized spacial score (nSPS) is 10.2. The van der Waals surface area contributed by atoms with Crippen LogP contribution in [0.15, 0.2) is 60.7 Å². The fourth-order valence-electron chi connectivity index (χ4n) is 4.29. The first kappa shape index (κ1) is 35.0. The fraction of sp³-hybridized carbons (Fsp3) is 0.576. The predicted octanol–water partition coefficient (Wildman–Crippen LogP) is 9.64. The number of nitrogens with one attached hydrogen (secondary N) is 1. The number of Topliss-reactive ketones (excluding diaryl/α,β-unsaturated/α-hetero) is 2. The highest BCUT2D eigenvalue weighted by molar-refractivity contribution is 6.49. The van der Waals surface area contributed by atoms with Crippen molar-refractivity contribution in [2.24, 2.45) is 0 Å². The zero-order valence-electron chi connectivity index (χ0n) is 23.5. The van der Waals surface area contributed by atoms with E-state index in [2.05, 4.69) is 12.2 Å². The summed E-state index contributed by atoms with van der Waals surface area (Å²) in [5, 5.41) is 3.22. The molecule has 0 saturated carbocycles. The van der Waals surface area contributed by atoms with Gasteiger partial charge in [0.05, 0.1) is 0 Å². The molecule has 0 spiro atoms. The van der Waals surface area contributed by atoms with Crippen LogP contribution in [-0.4, -0.2) is 25.2 Å². The maximum Gasteiger partial charge on any atom is 0.233 e. The monoisotopic (exact) mass is 529 g/mol. The number of rotatable bonds is 20. The Labute approximate surface area is 233 Å². The summed E-state index contributed by atoms with van der Waals surface area (Å²) in [5.74, 6) is -0.932. The highest BCUT2D eigenvalue weighted by Gasteiger charge is 2.17. The number of halogens is 1. The first-order valence-electron chi connectivity index (χ1n) is 14.5. The summed E-state index contributed by atoms with van der Waals surface area (Å²) in [5.41, 5.74) is 0.854. The lowest BCUT2D eigenvalue weighted by Crippen LogP contribution is -2.14. The van der Waals surface area contributed by atoms with Crippen molar-refractivity contribution >= 4 is 24.0 Å². The van der Waals surface area contributed by atoms with Gasteiger partial charge in [-0.1, -0.05) is 164 Å². The van der Waals surface area contributed by atoms with Gasteiger partial charge in [-0.25, -0.2) is 0 Å². The SMILES string of the molecule is CCCCCCCCCCCCCCCCCCNC.Cl.O=C(C(=O)c1ccccc1)c1ccccc1. The average Bonchev–Trinajstić information content (AvgIpc) is 2.93. The van der Waals surface area contributed by atoms with E-state index in [0.29, 0.717) is 11.1 Å². The molecule has 0 unspecified atom stereocenters. The molecule has 0 saturated heterocycles. The van der Waals surface area contributed by atoms with Crippen molar-refractivity contribution in [2.75, 3.05) is 13.6 Å². The van der Waals surface area contributed by atoms with Gasteiger partial charge in [-0.05, 0) is 20.0 Å². The van der Waals surface area contributed by atoms with Crippen molar-refractivity contribution in [1.82, 2.24) is 5.32 Å². The molecule has 1 N–H and O–H groups in total. The minimum absolute atomic E-state index is 0. The van der Waals surface area contributed by atoms with Crippen molar-refractivity contribution < 1.29 is 9.59 Å². The lowest BCUT2D eigenvalue weighted by molar-refractivity contribution is 0.0817. The van der Waals surface area contributed by atoms with Crippen molar-refractivity contribution in [3.8, 4) is 0 Å². The quantitative estimate of drug-likeness (QED) is 0.105. The van der Waals surface area contributed by atoms with E-state index < -0.39 is 11.6 Å². The van der Waals surface area contributed by atoms with Gasteiger partial charge in [0.25, 0.3) is 0 Å². The van der Waals surface area contributed by atoms with Crippen LogP contribution in [0.25, 0.3) is 0 Å². The summed E-state index contributed by atoms with van der Waals surface area (Å²) in [4.78, 5) is 23.6. The number of hydrogen-bond donors (Lipinski definition) is 1. The van der Waals surface area contributed by atoms with Crippen LogP contribution in [0.1, 0.15) is 130 Å². The smallest absolute Gasteiger partial charge is 0.233 e. The predicted molar refractivity (Wildman–Crippen MR) is 162 cm³/mol. The standard InChI is InChI=1S/C19H41N.C14H10O2.ClH/c1-3-4-5-6-7-8-9-10-11-12-13-14-15-16-17-18-19-20-2;15-13(11-7-3-1-4-8-11)14(16)12-9-5-2-6-10-12;/h20H,3-19H2,1-2H3;1-10H;1H. The first-order chi connectivity index (χ1) is 17.7. The molecule has 0 heterocycles. The first-order valence-corrected chi connectivity index (χ1v) is 14.5. The van der Waals surface area contributed by atoms with E-state index in [9.17, 15) is 9.59 Å². The number of benzene rings is 2. The molecular weight excluding hydrogens is 478 g/mol. The molecule has 0 amide bonds. The molecule has 0 aliphatic heterocycles. The zero-order chi connectivity index (χ0) is 26.1. The summed E-state index contributed by atoms with van der Waals surface area (Å²) in [6.45, 7) is 3.49. The molecule has 2 rings (SSSR count). The van der Waals surface area contributed by atoms with Crippen LogP contribution in [0.4, 0.5) is 0 Å². The van der Waals surface area contributed by atoms with Gasteiger partial charge < -0.3 is 5.32 Å². The molecule has 208 valence electrons. The maximum absolute atomic E-state index is 11.8. The van der Waals surface area contributed by atoms with E-state index in [1.54, 1.807) is 48.5 Å². The van der Waals surface area contributed by atoms with Crippen molar-refractivity contribution in [1.29, 1.82) is 0 Å². The van der Waals surface area contributed by atoms with Gasteiger partial charge in [-0.15, -0.1) is 12.4 Å².